The predicted octanol–water partition coefficient (Wildman–Crippen LogP) is 3.80. The van der Waals surface area contributed by atoms with Crippen molar-refractivity contribution >= 4 is 40.6 Å². The SMILES string of the molecule is CCCCCCCC(=O)N[C@H](CC(N)=O)C(=O)NCCC(C)(C)C(=O)Oc1ccc2nc3c(c(CC)c2c1)Cn1c-3cc2c(c1=O)COC(=O)[C@]2(O)CC. The molecule has 0 fully saturated rings. The van der Waals surface area contributed by atoms with Crippen LogP contribution in [0.4, 0.5) is 0 Å². The molecule has 0 unspecified atom stereocenters. The maximum Gasteiger partial charge on any atom is 0.343 e. The number of rotatable bonds is 17. The number of hydrogen-bond acceptors (Lipinski definition) is 10. The van der Waals surface area contributed by atoms with E-state index in [1.165, 1.54) is 0 Å². The number of carbonyl (C=O) groups is 5. The van der Waals surface area contributed by atoms with Gasteiger partial charge in [-0.15, -0.1) is 0 Å². The highest BCUT2D eigenvalue weighted by atomic mass is 16.6. The lowest BCUT2D eigenvalue weighted by molar-refractivity contribution is -0.172. The highest BCUT2D eigenvalue weighted by molar-refractivity contribution is 5.92. The highest BCUT2D eigenvalue weighted by Gasteiger charge is 2.45. The van der Waals surface area contributed by atoms with Crippen LogP contribution in [0.5, 0.6) is 5.75 Å². The van der Waals surface area contributed by atoms with Crippen molar-refractivity contribution in [3.8, 4) is 17.1 Å². The van der Waals surface area contributed by atoms with Crippen LogP contribution in [0.3, 0.4) is 0 Å². The molecule has 0 spiro atoms. The number of esters is 2. The van der Waals surface area contributed by atoms with Gasteiger partial charge in [0.25, 0.3) is 5.56 Å². The van der Waals surface area contributed by atoms with Crippen molar-refractivity contribution < 1.29 is 38.6 Å². The van der Waals surface area contributed by atoms with Gasteiger partial charge < -0.3 is 35.5 Å². The molecule has 5 N–H and O–H groups in total. The summed E-state index contributed by atoms with van der Waals surface area (Å²) in [5.74, 6) is -2.63. The number of hydrogen-bond donors (Lipinski definition) is 4. The van der Waals surface area contributed by atoms with E-state index in [0.717, 1.165) is 42.2 Å². The number of amides is 3. The van der Waals surface area contributed by atoms with E-state index in [4.69, 9.17) is 20.2 Å². The highest BCUT2D eigenvalue weighted by Crippen LogP contribution is 2.41. The lowest BCUT2D eigenvalue weighted by atomic mass is 9.86. The zero-order valence-electron chi connectivity index (χ0n) is 31.8. The Morgan fingerprint density at radius 3 is 2.50 bits per heavy atom. The van der Waals surface area contributed by atoms with Crippen LogP contribution >= 0.6 is 0 Å². The minimum atomic E-state index is -1.92. The van der Waals surface area contributed by atoms with Crippen LogP contribution in [0.15, 0.2) is 29.1 Å². The number of cyclic esters (lactones) is 1. The Morgan fingerprint density at radius 1 is 1.07 bits per heavy atom. The van der Waals surface area contributed by atoms with E-state index in [2.05, 4.69) is 17.6 Å². The van der Waals surface area contributed by atoms with Crippen LogP contribution in [-0.2, 0) is 53.9 Å². The number of aromatic nitrogens is 2. The Bertz CT molecular complexity index is 2040. The van der Waals surface area contributed by atoms with Gasteiger partial charge in [0.2, 0.25) is 17.7 Å². The van der Waals surface area contributed by atoms with Crippen molar-refractivity contribution in [2.45, 2.75) is 124 Å². The van der Waals surface area contributed by atoms with Gasteiger partial charge in [-0.25, -0.2) is 9.78 Å². The van der Waals surface area contributed by atoms with Crippen molar-refractivity contribution in [2.24, 2.45) is 11.1 Å². The fourth-order valence-corrected chi connectivity index (χ4v) is 7.14. The second-order valence-electron chi connectivity index (χ2n) is 14.8. The van der Waals surface area contributed by atoms with Crippen LogP contribution < -0.4 is 26.7 Å². The third kappa shape index (κ3) is 8.18. The van der Waals surface area contributed by atoms with Gasteiger partial charge in [-0.05, 0) is 69.4 Å². The number of nitrogens with two attached hydrogens (primary N) is 1. The van der Waals surface area contributed by atoms with Gasteiger partial charge in [-0.3, -0.25) is 24.0 Å². The zero-order valence-corrected chi connectivity index (χ0v) is 31.8. The molecule has 2 aromatic heterocycles. The lowest BCUT2D eigenvalue weighted by Gasteiger charge is -2.31. The number of unbranched alkanes of at least 4 members (excludes halogenated alkanes) is 4. The number of aryl methyl sites for hydroxylation is 1. The molecule has 4 heterocycles. The Balaban J connectivity index is 1.27. The largest absolute Gasteiger partial charge is 0.458 e. The summed E-state index contributed by atoms with van der Waals surface area (Å²) < 4.78 is 12.6. The van der Waals surface area contributed by atoms with Gasteiger partial charge in [0.15, 0.2) is 5.60 Å². The first kappa shape index (κ1) is 40.1. The number of aliphatic hydroxyl groups is 1. The first-order valence-corrected chi connectivity index (χ1v) is 18.8. The zero-order chi connectivity index (χ0) is 39.4. The number of primary amides is 1. The molecule has 290 valence electrons. The van der Waals surface area contributed by atoms with Crippen molar-refractivity contribution in [1.29, 1.82) is 0 Å². The molecule has 0 aliphatic carbocycles. The molecule has 2 aliphatic heterocycles. The Hall–Kier alpha value is -5.11. The molecule has 5 rings (SSSR count). The minimum absolute atomic E-state index is 0.0449. The number of nitrogens with one attached hydrogen (secondary N) is 2. The maximum absolute atomic E-state index is 13.7. The molecular formula is C40H51N5O9. The Kier molecular flexibility index (Phi) is 12.2. The monoisotopic (exact) mass is 745 g/mol. The van der Waals surface area contributed by atoms with Crippen molar-refractivity contribution in [3.63, 3.8) is 0 Å². The average molecular weight is 746 g/mol. The van der Waals surface area contributed by atoms with Crippen molar-refractivity contribution in [2.75, 3.05) is 6.54 Å². The van der Waals surface area contributed by atoms with E-state index in [0.29, 0.717) is 35.5 Å². The third-order valence-electron chi connectivity index (χ3n) is 10.5. The summed E-state index contributed by atoms with van der Waals surface area (Å²) in [4.78, 5) is 81.6. The van der Waals surface area contributed by atoms with E-state index >= 15 is 0 Å². The molecule has 14 heteroatoms. The van der Waals surface area contributed by atoms with Crippen molar-refractivity contribution in [1.82, 2.24) is 20.2 Å². The second kappa shape index (κ2) is 16.5. The fourth-order valence-electron chi connectivity index (χ4n) is 7.14. The first-order chi connectivity index (χ1) is 25.6. The number of pyridine rings is 2. The van der Waals surface area contributed by atoms with Crippen LogP contribution in [0, 0.1) is 5.41 Å². The van der Waals surface area contributed by atoms with Gasteiger partial charge in [-0.1, -0.05) is 46.5 Å². The topological polar surface area (TPSA) is 209 Å². The van der Waals surface area contributed by atoms with Gasteiger partial charge in [0.05, 0.1) is 40.8 Å². The molecule has 0 radical (unpaired) electrons. The molecule has 14 nitrogen and oxygen atoms in total. The summed E-state index contributed by atoms with van der Waals surface area (Å²) >= 11 is 0. The van der Waals surface area contributed by atoms with Gasteiger partial charge >= 0.3 is 11.9 Å². The Labute approximate surface area is 314 Å². The molecule has 0 saturated heterocycles. The summed E-state index contributed by atoms with van der Waals surface area (Å²) in [6.45, 7) is 9.25. The summed E-state index contributed by atoms with van der Waals surface area (Å²) in [7, 11) is 0. The van der Waals surface area contributed by atoms with E-state index in [1.54, 1.807) is 49.6 Å². The summed E-state index contributed by atoms with van der Waals surface area (Å²) in [6.07, 6.45) is 5.54. The summed E-state index contributed by atoms with van der Waals surface area (Å²) in [6, 6.07) is 5.68. The van der Waals surface area contributed by atoms with E-state index in [9.17, 15) is 33.9 Å². The van der Waals surface area contributed by atoms with Gasteiger partial charge in [-0.2, -0.15) is 0 Å². The number of carbonyl (C=O) groups excluding carboxylic acids is 5. The second-order valence-corrected chi connectivity index (χ2v) is 14.8. The standard InChI is InChI=1S/C40H51N5O9/c1-6-9-10-11-12-13-33(47)43-30(20-32(41)46)35(48)42-17-16-39(4,5)37(50)54-23-14-15-29-25(18-23)24(7-2)26-21-45-31(34(26)44-29)19-28-27(36(45)49)22-53-38(51)40(28,52)8-3/h14-15,18-19,30,52H,6-13,16-17,20-22H2,1-5H3,(H2,41,46)(H,42,48)(H,43,47)/t30-,40+/m1/s1. The van der Waals surface area contributed by atoms with E-state index in [1.807, 2.05) is 6.92 Å². The lowest BCUT2D eigenvalue weighted by Crippen LogP contribution is -2.49. The van der Waals surface area contributed by atoms with Crippen LogP contribution in [-0.4, -0.2) is 56.9 Å². The van der Waals surface area contributed by atoms with Crippen molar-refractivity contribution in [3.05, 3.63) is 56.9 Å². The number of ether oxygens (including phenoxy) is 2. The van der Waals surface area contributed by atoms with E-state index < -0.39 is 40.8 Å². The smallest absolute Gasteiger partial charge is 0.343 e. The molecule has 1 aromatic carbocycles. The quantitative estimate of drug-likeness (QED) is 0.0698. The number of benzene rings is 1. The number of fused-ring (bicyclic) bond motifs is 5. The van der Waals surface area contributed by atoms with Gasteiger partial charge in [0, 0.05) is 29.5 Å². The van der Waals surface area contributed by atoms with Crippen LogP contribution in [0.25, 0.3) is 22.3 Å². The summed E-state index contributed by atoms with van der Waals surface area (Å²) in [5.41, 5.74) is 6.00. The molecule has 3 aromatic rings. The van der Waals surface area contributed by atoms with E-state index in [-0.39, 0.29) is 68.0 Å². The van der Waals surface area contributed by atoms with Crippen LogP contribution in [0.2, 0.25) is 0 Å². The van der Waals surface area contributed by atoms with Gasteiger partial charge in [0.1, 0.15) is 18.4 Å². The van der Waals surface area contributed by atoms with Crippen LogP contribution in [0.1, 0.15) is 115 Å². The normalized spacial score (nSPS) is 16.5. The molecule has 2 atom stereocenters. The molecular weight excluding hydrogens is 694 g/mol. The predicted molar refractivity (Wildman–Crippen MR) is 200 cm³/mol. The molecule has 0 bridgehead atoms. The third-order valence-corrected chi connectivity index (χ3v) is 10.5. The molecule has 3 amide bonds. The molecule has 0 saturated carbocycles. The number of nitrogens with zero attached hydrogens (tertiary/aromatic N) is 2. The summed E-state index contributed by atoms with van der Waals surface area (Å²) in [5, 5.41) is 17.3. The fraction of sp³-hybridized carbons (Fsp3) is 0.525. The maximum atomic E-state index is 13.7. The average Bonchev–Trinajstić information content (AvgIpc) is 3.50. The molecule has 2 aliphatic rings. The Morgan fingerprint density at radius 2 is 1.81 bits per heavy atom. The first-order valence-electron chi connectivity index (χ1n) is 18.8. The minimum Gasteiger partial charge on any atom is -0.458 e. The molecule has 54 heavy (non-hydrogen) atoms.